The molecule has 0 amide bonds. The fraction of sp³-hybridized carbons (Fsp3) is 0.214. The monoisotopic (exact) mass is 238 g/mol. The molecule has 0 aliphatic rings. The van der Waals surface area contributed by atoms with Crippen molar-refractivity contribution in [3.05, 3.63) is 47.4 Å². The molecular weight excluding hydrogens is 224 g/mol. The summed E-state index contributed by atoms with van der Waals surface area (Å²) in [6, 6.07) is 8.27. The van der Waals surface area contributed by atoms with Crippen LogP contribution in [-0.2, 0) is 0 Å². The van der Waals surface area contributed by atoms with E-state index in [2.05, 4.69) is 42.0 Å². The third kappa shape index (κ3) is 2.46. The molecule has 0 radical (unpaired) electrons. The fourth-order valence-electron chi connectivity index (χ4n) is 1.83. The molecule has 4 nitrogen and oxygen atoms in total. The number of hydrogen-bond acceptors (Lipinski definition) is 4. The van der Waals surface area contributed by atoms with E-state index >= 15 is 0 Å². The second-order valence-electron chi connectivity index (χ2n) is 4.28. The molecule has 1 aromatic carbocycles. The highest BCUT2D eigenvalue weighted by Crippen LogP contribution is 2.23. The van der Waals surface area contributed by atoms with Gasteiger partial charge in [0.05, 0.1) is 12.4 Å². The summed E-state index contributed by atoms with van der Waals surface area (Å²) in [6.07, 6.45) is 3.09. The van der Waals surface area contributed by atoms with Crippen LogP contribution in [0.5, 0.6) is 0 Å². The molecule has 4 heteroatoms. The van der Waals surface area contributed by atoms with Gasteiger partial charge >= 0.3 is 0 Å². The maximum atomic E-state index is 8.69. The van der Waals surface area contributed by atoms with E-state index in [9.17, 15) is 0 Å². The lowest BCUT2D eigenvalue weighted by Crippen LogP contribution is -2.12. The van der Waals surface area contributed by atoms with Crippen LogP contribution in [0.1, 0.15) is 16.8 Å². The van der Waals surface area contributed by atoms with Gasteiger partial charge in [-0.3, -0.25) is 0 Å². The summed E-state index contributed by atoms with van der Waals surface area (Å²) in [4.78, 5) is 10.2. The summed E-state index contributed by atoms with van der Waals surface area (Å²) < 4.78 is 0. The van der Waals surface area contributed by atoms with Gasteiger partial charge < -0.3 is 4.90 Å². The summed E-state index contributed by atoms with van der Waals surface area (Å²) in [6.45, 7) is 4.13. The average molecular weight is 238 g/mol. The lowest BCUT2D eigenvalue weighted by molar-refractivity contribution is 1.07. The van der Waals surface area contributed by atoms with E-state index in [1.165, 1.54) is 17.3 Å². The first-order chi connectivity index (χ1) is 8.60. The van der Waals surface area contributed by atoms with Gasteiger partial charge in [-0.15, -0.1) is 0 Å². The Bertz CT molecular complexity index is 576. The van der Waals surface area contributed by atoms with Crippen molar-refractivity contribution in [1.29, 1.82) is 5.26 Å². The Balaban J connectivity index is 2.35. The molecule has 0 atom stereocenters. The molecule has 1 aromatic heterocycles. The maximum Gasteiger partial charge on any atom is 0.158 e. The summed E-state index contributed by atoms with van der Waals surface area (Å²) in [5.74, 6) is 0.721. The molecule has 18 heavy (non-hydrogen) atoms. The molecule has 0 aliphatic carbocycles. The second-order valence-corrected chi connectivity index (χ2v) is 4.28. The van der Waals surface area contributed by atoms with Crippen molar-refractivity contribution < 1.29 is 0 Å². The standard InChI is InChI=1S/C14H14N4/c1-10-4-11(2)6-13(5-10)18(3)14-9-16-12(7-15)8-17-14/h4-6,8-9H,1-3H3. The SMILES string of the molecule is Cc1cc(C)cc(N(C)c2cnc(C#N)cn2)c1. The normalized spacial score (nSPS) is 9.89. The lowest BCUT2D eigenvalue weighted by atomic mass is 10.1. The van der Waals surface area contributed by atoms with Gasteiger partial charge in [-0.2, -0.15) is 5.26 Å². The summed E-state index contributed by atoms with van der Waals surface area (Å²) >= 11 is 0. The minimum Gasteiger partial charge on any atom is -0.328 e. The molecular formula is C14H14N4. The van der Waals surface area contributed by atoms with Crippen molar-refractivity contribution in [3.63, 3.8) is 0 Å². The van der Waals surface area contributed by atoms with Gasteiger partial charge in [-0.05, 0) is 37.1 Å². The van der Waals surface area contributed by atoms with Crippen molar-refractivity contribution >= 4 is 11.5 Å². The number of anilines is 2. The van der Waals surface area contributed by atoms with Gasteiger partial charge in [-0.1, -0.05) is 6.07 Å². The Labute approximate surface area is 107 Å². The molecule has 1 heterocycles. The lowest BCUT2D eigenvalue weighted by Gasteiger charge is -2.19. The van der Waals surface area contributed by atoms with Gasteiger partial charge in [-0.25, -0.2) is 9.97 Å². The predicted molar refractivity (Wildman–Crippen MR) is 70.7 cm³/mol. The minimum atomic E-state index is 0.326. The Morgan fingerprint density at radius 1 is 1.06 bits per heavy atom. The zero-order valence-electron chi connectivity index (χ0n) is 10.7. The van der Waals surface area contributed by atoms with E-state index in [4.69, 9.17) is 5.26 Å². The Morgan fingerprint density at radius 3 is 2.22 bits per heavy atom. The first-order valence-corrected chi connectivity index (χ1v) is 5.64. The van der Waals surface area contributed by atoms with Gasteiger partial charge in [0.15, 0.2) is 11.5 Å². The van der Waals surface area contributed by atoms with Crippen molar-refractivity contribution in [3.8, 4) is 6.07 Å². The van der Waals surface area contributed by atoms with Crippen LogP contribution in [0.15, 0.2) is 30.6 Å². The molecule has 0 aliphatic heterocycles. The Morgan fingerprint density at radius 2 is 1.72 bits per heavy atom. The Hall–Kier alpha value is -2.41. The third-order valence-electron chi connectivity index (χ3n) is 2.69. The number of rotatable bonds is 2. The van der Waals surface area contributed by atoms with E-state index in [0.717, 1.165) is 11.5 Å². The zero-order valence-corrected chi connectivity index (χ0v) is 10.7. The predicted octanol–water partition coefficient (Wildman–Crippen LogP) is 2.73. The van der Waals surface area contributed by atoms with Gasteiger partial charge in [0, 0.05) is 12.7 Å². The zero-order chi connectivity index (χ0) is 13.1. The molecule has 0 spiro atoms. The highest BCUT2D eigenvalue weighted by Gasteiger charge is 2.07. The van der Waals surface area contributed by atoms with E-state index in [0.29, 0.717) is 5.69 Å². The summed E-state index contributed by atoms with van der Waals surface area (Å²) in [5, 5.41) is 8.69. The van der Waals surface area contributed by atoms with Crippen molar-refractivity contribution in [2.45, 2.75) is 13.8 Å². The molecule has 0 saturated carbocycles. The molecule has 0 N–H and O–H groups in total. The van der Waals surface area contributed by atoms with Gasteiger partial charge in [0.2, 0.25) is 0 Å². The first kappa shape index (κ1) is 12.1. The third-order valence-corrected chi connectivity index (χ3v) is 2.69. The van der Waals surface area contributed by atoms with E-state index in [-0.39, 0.29) is 0 Å². The van der Waals surface area contributed by atoms with Crippen LogP contribution in [0.3, 0.4) is 0 Å². The summed E-state index contributed by atoms with van der Waals surface area (Å²) in [7, 11) is 1.93. The maximum absolute atomic E-state index is 8.69. The molecule has 0 unspecified atom stereocenters. The highest BCUT2D eigenvalue weighted by molar-refractivity contribution is 5.60. The molecule has 90 valence electrons. The topological polar surface area (TPSA) is 52.8 Å². The van der Waals surface area contributed by atoms with Crippen molar-refractivity contribution in [1.82, 2.24) is 9.97 Å². The number of nitriles is 1. The Kier molecular flexibility index (Phi) is 3.24. The van der Waals surface area contributed by atoms with Crippen molar-refractivity contribution in [2.75, 3.05) is 11.9 Å². The smallest absolute Gasteiger partial charge is 0.158 e. The highest BCUT2D eigenvalue weighted by atomic mass is 15.2. The van der Waals surface area contributed by atoms with Crippen LogP contribution in [0.2, 0.25) is 0 Å². The van der Waals surface area contributed by atoms with Crippen LogP contribution < -0.4 is 4.90 Å². The van der Waals surface area contributed by atoms with Gasteiger partial charge in [0.1, 0.15) is 6.07 Å². The largest absolute Gasteiger partial charge is 0.328 e. The molecule has 0 fully saturated rings. The van der Waals surface area contributed by atoms with Crippen LogP contribution in [-0.4, -0.2) is 17.0 Å². The van der Waals surface area contributed by atoms with Crippen LogP contribution >= 0.6 is 0 Å². The van der Waals surface area contributed by atoms with Gasteiger partial charge in [0.25, 0.3) is 0 Å². The molecule has 0 bridgehead atoms. The number of hydrogen-bond donors (Lipinski definition) is 0. The summed E-state index contributed by atoms with van der Waals surface area (Å²) in [5.41, 5.74) is 3.80. The first-order valence-electron chi connectivity index (χ1n) is 5.64. The molecule has 2 rings (SSSR count). The van der Waals surface area contributed by atoms with E-state index < -0.39 is 0 Å². The minimum absolute atomic E-state index is 0.326. The fourth-order valence-corrected chi connectivity index (χ4v) is 1.83. The number of benzene rings is 1. The second kappa shape index (κ2) is 4.84. The number of aromatic nitrogens is 2. The van der Waals surface area contributed by atoms with Crippen LogP contribution in [0, 0.1) is 25.2 Å². The number of nitrogens with zero attached hydrogens (tertiary/aromatic N) is 4. The quantitative estimate of drug-likeness (QED) is 0.807. The number of aryl methyl sites for hydroxylation is 2. The molecule has 2 aromatic rings. The molecule has 0 saturated heterocycles. The van der Waals surface area contributed by atoms with E-state index in [1.807, 2.05) is 18.0 Å². The van der Waals surface area contributed by atoms with Crippen LogP contribution in [0.4, 0.5) is 11.5 Å². The van der Waals surface area contributed by atoms with Crippen molar-refractivity contribution in [2.24, 2.45) is 0 Å². The average Bonchev–Trinajstić information content (AvgIpc) is 2.37. The van der Waals surface area contributed by atoms with E-state index in [1.54, 1.807) is 6.20 Å². The van der Waals surface area contributed by atoms with Crippen LogP contribution in [0.25, 0.3) is 0 Å².